The Balaban J connectivity index is 1.52. The molecule has 0 aliphatic heterocycles. The zero-order valence-electron chi connectivity index (χ0n) is 20.0. The third-order valence-electron chi connectivity index (χ3n) is 6.22. The number of fused-ring (bicyclic) bond motifs is 1. The van der Waals surface area contributed by atoms with Gasteiger partial charge in [0, 0.05) is 46.5 Å². The normalized spacial score (nSPS) is 18.9. The Labute approximate surface area is 199 Å². The molecule has 3 heterocycles. The lowest BCUT2D eigenvalue weighted by Gasteiger charge is -2.32. The highest BCUT2D eigenvalue weighted by Gasteiger charge is 2.27. The lowest BCUT2D eigenvalue weighted by atomic mass is 9.85. The highest BCUT2D eigenvalue weighted by Crippen LogP contribution is 2.28. The van der Waals surface area contributed by atoms with Crippen molar-refractivity contribution < 1.29 is 19.1 Å². The van der Waals surface area contributed by atoms with E-state index in [9.17, 15) is 4.79 Å². The van der Waals surface area contributed by atoms with Crippen LogP contribution in [0.1, 0.15) is 43.7 Å². The maximum atomic E-state index is 11.9. The summed E-state index contributed by atoms with van der Waals surface area (Å²) in [6.45, 7) is 4.61. The van der Waals surface area contributed by atoms with E-state index in [4.69, 9.17) is 20.3 Å². The fourth-order valence-electron chi connectivity index (χ4n) is 4.29. The third-order valence-corrected chi connectivity index (χ3v) is 6.22. The second kappa shape index (κ2) is 10.7. The molecule has 0 radical (unpaired) electrons. The number of hydrogen-bond acceptors (Lipinski definition) is 8. The van der Waals surface area contributed by atoms with Gasteiger partial charge in [-0.2, -0.15) is 9.61 Å². The molecule has 10 heteroatoms. The third kappa shape index (κ3) is 5.56. The minimum Gasteiger partial charge on any atom is -0.464 e. The molecule has 0 bridgehead atoms. The van der Waals surface area contributed by atoms with E-state index in [1.165, 1.54) is 0 Å². The van der Waals surface area contributed by atoms with Crippen molar-refractivity contribution in [3.8, 4) is 0 Å². The van der Waals surface area contributed by atoms with E-state index in [1.54, 1.807) is 18.8 Å². The first-order valence-corrected chi connectivity index (χ1v) is 11.8. The second-order valence-corrected chi connectivity index (χ2v) is 8.91. The Hall–Kier alpha value is -3.40. The quantitative estimate of drug-likeness (QED) is 0.322. The number of aryl methyl sites for hydroxylation is 1. The van der Waals surface area contributed by atoms with Gasteiger partial charge in [0.2, 0.25) is 12.4 Å². The van der Waals surface area contributed by atoms with Gasteiger partial charge in [0.25, 0.3) is 0 Å². The summed E-state index contributed by atoms with van der Waals surface area (Å²) in [5.74, 6) is 1.46. The molecular formula is C24H34N7O3+. The molecule has 1 aliphatic rings. The minimum atomic E-state index is -0.611. The van der Waals surface area contributed by atoms with Crippen LogP contribution in [0, 0.1) is 12.8 Å². The molecule has 0 amide bonds. The number of esters is 1. The van der Waals surface area contributed by atoms with E-state index >= 15 is 0 Å². The molecule has 0 saturated heterocycles. The van der Waals surface area contributed by atoms with Crippen molar-refractivity contribution in [2.45, 2.75) is 58.2 Å². The van der Waals surface area contributed by atoms with Crippen LogP contribution in [0.15, 0.2) is 36.8 Å². The van der Waals surface area contributed by atoms with E-state index in [0.717, 1.165) is 54.1 Å². The first-order valence-electron chi connectivity index (χ1n) is 11.8. The Morgan fingerprint density at radius 3 is 3.00 bits per heavy atom. The van der Waals surface area contributed by atoms with Crippen LogP contribution in [0.25, 0.3) is 5.65 Å². The van der Waals surface area contributed by atoms with Gasteiger partial charge in [0.05, 0.1) is 12.8 Å². The predicted octanol–water partition coefficient (Wildman–Crippen LogP) is 1.86. The van der Waals surface area contributed by atoms with Crippen LogP contribution < -0.4 is 25.9 Å². The van der Waals surface area contributed by atoms with Gasteiger partial charge >= 0.3 is 5.97 Å². The molecule has 34 heavy (non-hydrogen) atoms. The summed E-state index contributed by atoms with van der Waals surface area (Å²) in [4.78, 5) is 22.0. The average Bonchev–Trinajstić information content (AvgIpc) is 3.22. The summed E-state index contributed by atoms with van der Waals surface area (Å²) in [6, 6.07) is 5.50. The Morgan fingerprint density at radius 1 is 1.38 bits per heavy atom. The molecule has 0 unspecified atom stereocenters. The van der Waals surface area contributed by atoms with Crippen molar-refractivity contribution in [2.75, 3.05) is 24.4 Å². The Bertz CT molecular complexity index is 1130. The molecule has 3 atom stereocenters. The number of hydrogen-bond donors (Lipinski definition) is 3. The zero-order chi connectivity index (χ0) is 24.1. The van der Waals surface area contributed by atoms with E-state index in [2.05, 4.69) is 15.7 Å². The molecule has 4 rings (SSSR count). The van der Waals surface area contributed by atoms with Gasteiger partial charge in [-0.05, 0) is 32.8 Å². The van der Waals surface area contributed by atoms with E-state index in [1.807, 2.05) is 48.2 Å². The maximum Gasteiger partial charge on any atom is 0.322 e. The minimum absolute atomic E-state index is 0.162. The van der Waals surface area contributed by atoms with Crippen molar-refractivity contribution >= 4 is 23.3 Å². The zero-order valence-corrected chi connectivity index (χ0v) is 20.0. The lowest BCUT2D eigenvalue weighted by Crippen LogP contribution is -2.40. The molecule has 10 nitrogen and oxygen atoms in total. The fourth-order valence-corrected chi connectivity index (χ4v) is 4.29. The summed E-state index contributed by atoms with van der Waals surface area (Å²) < 4.78 is 8.93. The maximum absolute atomic E-state index is 11.9. The van der Waals surface area contributed by atoms with Gasteiger partial charge in [-0.3, -0.25) is 9.63 Å². The largest absolute Gasteiger partial charge is 0.464 e. The molecular weight excluding hydrogens is 434 g/mol. The first-order chi connectivity index (χ1) is 16.4. The van der Waals surface area contributed by atoms with Crippen LogP contribution in [0.5, 0.6) is 0 Å². The van der Waals surface area contributed by atoms with Crippen LogP contribution in [0.2, 0.25) is 0 Å². The number of rotatable bonds is 9. The van der Waals surface area contributed by atoms with Crippen LogP contribution in [0.4, 0.5) is 11.6 Å². The number of carbonyl (C=O) groups excluding carboxylic acids is 1. The number of ether oxygens (including phenoxy) is 1. The van der Waals surface area contributed by atoms with Crippen molar-refractivity contribution in [2.24, 2.45) is 11.7 Å². The fraction of sp³-hybridized carbons (Fsp3) is 0.500. The number of pyridine rings is 1. The Kier molecular flexibility index (Phi) is 7.46. The number of anilines is 2. The van der Waals surface area contributed by atoms with Gasteiger partial charge in [0.1, 0.15) is 24.8 Å². The molecule has 4 N–H and O–H groups in total. The molecule has 0 spiro atoms. The summed E-state index contributed by atoms with van der Waals surface area (Å²) in [6.07, 6.45) is 9.83. The topological polar surface area (TPSA) is 120 Å². The highest BCUT2D eigenvalue weighted by molar-refractivity contribution is 5.74. The standard InChI is InChI=1S/C24H34N7O3/c1-16-12-27-31-22(26-13-18-7-6-10-30(14-18)33-3)11-21(29-23(16)31)28-20-9-5-4-8-19(20)15-34-24(32)17(2)25/h6-7,10-12,14,17,19-20,26H,4-5,8-9,13,15,25H2,1-3H3,(H,28,29)/q+1/t17-,19-,20-/m0/s1. The monoisotopic (exact) mass is 468 g/mol. The number of aromatic nitrogens is 4. The summed E-state index contributed by atoms with van der Waals surface area (Å²) in [7, 11) is 1.63. The molecule has 182 valence electrons. The molecule has 3 aromatic heterocycles. The van der Waals surface area contributed by atoms with Crippen molar-refractivity contribution in [3.63, 3.8) is 0 Å². The summed E-state index contributed by atoms with van der Waals surface area (Å²) >= 11 is 0. The summed E-state index contributed by atoms with van der Waals surface area (Å²) in [5, 5.41) is 11.6. The number of nitrogens with two attached hydrogens (primary N) is 1. The lowest BCUT2D eigenvalue weighted by molar-refractivity contribution is -0.885. The van der Waals surface area contributed by atoms with Gasteiger partial charge in [-0.25, -0.2) is 4.98 Å². The number of nitrogens with zero attached hydrogens (tertiary/aromatic N) is 4. The van der Waals surface area contributed by atoms with E-state index in [-0.39, 0.29) is 17.9 Å². The number of nitrogens with one attached hydrogen (secondary N) is 2. The highest BCUT2D eigenvalue weighted by atomic mass is 16.6. The smallest absolute Gasteiger partial charge is 0.322 e. The molecule has 1 fully saturated rings. The first kappa shape index (κ1) is 23.7. The van der Waals surface area contributed by atoms with E-state index in [0.29, 0.717) is 13.2 Å². The van der Waals surface area contributed by atoms with Crippen LogP contribution >= 0.6 is 0 Å². The van der Waals surface area contributed by atoms with Crippen LogP contribution in [-0.4, -0.2) is 46.4 Å². The van der Waals surface area contributed by atoms with Gasteiger partial charge < -0.3 is 21.1 Å². The van der Waals surface area contributed by atoms with Crippen molar-refractivity contribution in [3.05, 3.63) is 47.9 Å². The van der Waals surface area contributed by atoms with Crippen LogP contribution in [-0.2, 0) is 16.1 Å². The van der Waals surface area contributed by atoms with Crippen LogP contribution in [0.3, 0.4) is 0 Å². The van der Waals surface area contributed by atoms with Crippen molar-refractivity contribution in [1.29, 1.82) is 0 Å². The summed E-state index contributed by atoms with van der Waals surface area (Å²) in [5.41, 5.74) is 8.50. The molecule has 0 aromatic carbocycles. The molecule has 1 aliphatic carbocycles. The van der Waals surface area contributed by atoms with Gasteiger partial charge in [-0.15, -0.1) is 0 Å². The van der Waals surface area contributed by atoms with Gasteiger partial charge in [-0.1, -0.05) is 12.8 Å². The predicted molar refractivity (Wildman–Crippen MR) is 128 cm³/mol. The molecule has 3 aromatic rings. The van der Waals surface area contributed by atoms with E-state index < -0.39 is 6.04 Å². The SMILES string of the molecule is CO[n+]1cccc(CNc2cc(N[C@H]3CCCC[C@H]3COC(=O)[C@H](C)N)nc3c(C)cnn23)c1. The Morgan fingerprint density at radius 2 is 2.21 bits per heavy atom. The van der Waals surface area contributed by atoms with Gasteiger partial charge in [0.15, 0.2) is 5.65 Å². The molecule has 1 saturated carbocycles. The van der Waals surface area contributed by atoms with Crippen molar-refractivity contribution in [1.82, 2.24) is 14.6 Å². The second-order valence-electron chi connectivity index (χ2n) is 8.91. The number of carbonyl (C=O) groups is 1. The average molecular weight is 469 g/mol.